The average molecular weight is 465 g/mol. The van der Waals surface area contributed by atoms with Crippen molar-refractivity contribution in [3.05, 3.63) is 59.7 Å². The van der Waals surface area contributed by atoms with Gasteiger partial charge in [0.15, 0.2) is 0 Å². The summed E-state index contributed by atoms with van der Waals surface area (Å²) in [6.07, 6.45) is 2.41. The van der Waals surface area contributed by atoms with E-state index in [-0.39, 0.29) is 36.8 Å². The van der Waals surface area contributed by atoms with Gasteiger partial charge in [0.1, 0.15) is 6.61 Å². The van der Waals surface area contributed by atoms with Crippen LogP contribution >= 0.6 is 0 Å². The molecular formula is C27H32N2O5. The second-order valence-electron chi connectivity index (χ2n) is 9.22. The predicted molar refractivity (Wildman–Crippen MR) is 128 cm³/mol. The Labute approximate surface area is 200 Å². The highest BCUT2D eigenvalue weighted by Crippen LogP contribution is 2.44. The molecule has 1 aliphatic carbocycles. The van der Waals surface area contributed by atoms with Gasteiger partial charge in [-0.15, -0.1) is 0 Å². The molecule has 180 valence electrons. The van der Waals surface area contributed by atoms with Crippen molar-refractivity contribution in [2.24, 2.45) is 5.92 Å². The number of alkyl carbamates (subject to hydrolysis) is 1. The number of carbonyl (C=O) groups excluding carboxylic acids is 2. The topological polar surface area (TPSA) is 95.9 Å². The number of ether oxygens (including phenoxy) is 1. The van der Waals surface area contributed by atoms with E-state index >= 15 is 0 Å². The fourth-order valence-corrected chi connectivity index (χ4v) is 5.19. The molecule has 1 unspecified atom stereocenters. The van der Waals surface area contributed by atoms with Crippen LogP contribution in [-0.4, -0.2) is 53.7 Å². The molecule has 0 spiro atoms. The minimum absolute atomic E-state index is 0.00179. The summed E-state index contributed by atoms with van der Waals surface area (Å²) in [6.45, 7) is 3.19. The molecule has 1 fully saturated rings. The van der Waals surface area contributed by atoms with E-state index in [1.54, 1.807) is 4.90 Å². The Kier molecular flexibility index (Phi) is 7.50. The molecule has 0 radical (unpaired) electrons. The monoisotopic (exact) mass is 464 g/mol. The molecule has 2 aromatic rings. The van der Waals surface area contributed by atoms with Crippen LogP contribution in [0.1, 0.15) is 56.1 Å². The summed E-state index contributed by atoms with van der Waals surface area (Å²) in [4.78, 5) is 37.8. The number of amides is 2. The fraction of sp³-hybridized carbons (Fsp3) is 0.444. The van der Waals surface area contributed by atoms with E-state index in [4.69, 9.17) is 9.84 Å². The number of carboxylic acids is 1. The normalized spacial score (nSPS) is 17.7. The molecule has 7 heteroatoms. The van der Waals surface area contributed by atoms with Crippen LogP contribution in [0.3, 0.4) is 0 Å². The number of nitrogens with zero attached hydrogens (tertiary/aromatic N) is 1. The number of likely N-dealkylation sites (tertiary alicyclic amines) is 1. The van der Waals surface area contributed by atoms with Gasteiger partial charge in [0.2, 0.25) is 5.91 Å². The van der Waals surface area contributed by atoms with Gasteiger partial charge in [-0.05, 0) is 47.9 Å². The van der Waals surface area contributed by atoms with E-state index in [1.807, 2.05) is 31.2 Å². The lowest BCUT2D eigenvalue weighted by atomic mass is 9.98. The number of carboxylic acid groups (broad SMARTS) is 1. The highest BCUT2D eigenvalue weighted by molar-refractivity contribution is 5.80. The summed E-state index contributed by atoms with van der Waals surface area (Å²) in [5.41, 5.74) is 4.72. The molecule has 34 heavy (non-hydrogen) atoms. The number of hydrogen-bond acceptors (Lipinski definition) is 4. The molecule has 4 rings (SSSR count). The Hall–Kier alpha value is -3.35. The Morgan fingerprint density at radius 3 is 2.38 bits per heavy atom. The van der Waals surface area contributed by atoms with Gasteiger partial charge in [-0.1, -0.05) is 55.5 Å². The molecule has 0 bridgehead atoms. The molecule has 2 N–H and O–H groups in total. The van der Waals surface area contributed by atoms with Crippen molar-refractivity contribution in [1.82, 2.24) is 10.2 Å². The van der Waals surface area contributed by atoms with Gasteiger partial charge in [-0.3, -0.25) is 9.59 Å². The number of benzene rings is 2. The van der Waals surface area contributed by atoms with Crippen LogP contribution in [0.15, 0.2) is 48.5 Å². The maximum atomic E-state index is 12.7. The minimum atomic E-state index is -0.871. The van der Waals surface area contributed by atoms with E-state index in [0.717, 1.165) is 12.8 Å². The third-order valence-corrected chi connectivity index (χ3v) is 6.92. The van der Waals surface area contributed by atoms with Crippen LogP contribution in [-0.2, 0) is 14.3 Å². The summed E-state index contributed by atoms with van der Waals surface area (Å²) < 4.78 is 5.55. The zero-order valence-electron chi connectivity index (χ0n) is 19.5. The first-order valence-corrected chi connectivity index (χ1v) is 12.1. The first-order valence-electron chi connectivity index (χ1n) is 12.1. The average Bonchev–Trinajstić information content (AvgIpc) is 3.42. The quantitative estimate of drug-likeness (QED) is 0.536. The van der Waals surface area contributed by atoms with Crippen molar-refractivity contribution < 1.29 is 24.2 Å². The Morgan fingerprint density at radius 1 is 1.09 bits per heavy atom. The van der Waals surface area contributed by atoms with Crippen LogP contribution in [0.25, 0.3) is 11.1 Å². The Balaban J connectivity index is 1.20. The summed E-state index contributed by atoms with van der Waals surface area (Å²) in [5, 5.41) is 11.8. The van der Waals surface area contributed by atoms with E-state index < -0.39 is 12.1 Å². The lowest BCUT2D eigenvalue weighted by Gasteiger charge is -2.26. The van der Waals surface area contributed by atoms with Crippen LogP contribution in [0.5, 0.6) is 0 Å². The van der Waals surface area contributed by atoms with Crippen molar-refractivity contribution in [1.29, 1.82) is 0 Å². The van der Waals surface area contributed by atoms with Gasteiger partial charge >= 0.3 is 12.1 Å². The highest BCUT2D eigenvalue weighted by Gasteiger charge is 2.32. The van der Waals surface area contributed by atoms with E-state index in [9.17, 15) is 14.4 Å². The van der Waals surface area contributed by atoms with Gasteiger partial charge in [0, 0.05) is 31.0 Å². The first-order chi connectivity index (χ1) is 16.5. The molecule has 1 heterocycles. The third kappa shape index (κ3) is 5.24. The number of fused-ring (bicyclic) bond motifs is 3. The largest absolute Gasteiger partial charge is 0.481 e. The minimum Gasteiger partial charge on any atom is -0.481 e. The van der Waals surface area contributed by atoms with Gasteiger partial charge in [0.05, 0.1) is 6.42 Å². The van der Waals surface area contributed by atoms with Crippen molar-refractivity contribution >= 4 is 18.0 Å². The summed E-state index contributed by atoms with van der Waals surface area (Å²) in [6, 6.07) is 16.2. The second kappa shape index (κ2) is 10.7. The lowest BCUT2D eigenvalue weighted by molar-refractivity contribution is -0.141. The second-order valence-corrected chi connectivity index (χ2v) is 9.22. The highest BCUT2D eigenvalue weighted by atomic mass is 16.5. The number of nitrogens with one attached hydrogen (secondary N) is 1. The number of carbonyl (C=O) groups is 3. The number of hydrogen-bond donors (Lipinski definition) is 2. The SMILES string of the molecule is CC(CCCNC(=O)OCC1c2ccccc2-c2ccccc21)C(=O)N1CCC[C@H]1CC(=O)O. The standard InChI is InChI=1S/C27H32N2O5/c1-18(26(32)29-15-7-9-19(29)16-25(30)31)8-6-14-28-27(33)34-17-24-22-12-4-2-10-20(22)21-11-3-5-13-23(21)24/h2-5,10-13,18-19,24H,6-9,14-17H2,1H3,(H,28,33)(H,30,31)/t18?,19-/m0/s1. The lowest BCUT2D eigenvalue weighted by Crippen LogP contribution is -2.40. The van der Waals surface area contributed by atoms with Gasteiger partial charge in [-0.25, -0.2) is 4.79 Å². The zero-order chi connectivity index (χ0) is 24.1. The van der Waals surface area contributed by atoms with Crippen LogP contribution in [0.4, 0.5) is 4.79 Å². The molecule has 1 saturated heterocycles. The molecule has 0 aromatic heterocycles. The molecule has 2 atom stereocenters. The smallest absolute Gasteiger partial charge is 0.407 e. The Bertz CT molecular complexity index is 1010. The van der Waals surface area contributed by atoms with E-state index in [0.29, 0.717) is 25.9 Å². The molecule has 2 aromatic carbocycles. The van der Waals surface area contributed by atoms with Gasteiger partial charge < -0.3 is 20.1 Å². The van der Waals surface area contributed by atoms with Crippen LogP contribution < -0.4 is 5.32 Å². The van der Waals surface area contributed by atoms with Crippen LogP contribution in [0, 0.1) is 5.92 Å². The van der Waals surface area contributed by atoms with Crippen molar-refractivity contribution in [3.63, 3.8) is 0 Å². The predicted octanol–water partition coefficient (Wildman–Crippen LogP) is 4.41. The molecule has 2 amide bonds. The van der Waals surface area contributed by atoms with E-state index in [1.165, 1.54) is 22.3 Å². The summed E-state index contributed by atoms with van der Waals surface area (Å²) in [7, 11) is 0. The molecule has 0 saturated carbocycles. The van der Waals surface area contributed by atoms with Gasteiger partial charge in [0.25, 0.3) is 0 Å². The van der Waals surface area contributed by atoms with Gasteiger partial charge in [-0.2, -0.15) is 0 Å². The first kappa shape index (κ1) is 23.8. The third-order valence-electron chi connectivity index (χ3n) is 6.92. The maximum Gasteiger partial charge on any atom is 0.407 e. The number of aliphatic carboxylic acids is 1. The maximum absolute atomic E-state index is 12.7. The molecule has 1 aliphatic heterocycles. The van der Waals surface area contributed by atoms with Crippen molar-refractivity contribution in [2.45, 2.75) is 51.0 Å². The van der Waals surface area contributed by atoms with Crippen molar-refractivity contribution in [3.8, 4) is 11.1 Å². The van der Waals surface area contributed by atoms with Crippen LogP contribution in [0.2, 0.25) is 0 Å². The summed E-state index contributed by atoms with van der Waals surface area (Å²) >= 11 is 0. The van der Waals surface area contributed by atoms with Crippen molar-refractivity contribution in [2.75, 3.05) is 19.7 Å². The fourth-order valence-electron chi connectivity index (χ4n) is 5.19. The Morgan fingerprint density at radius 2 is 1.74 bits per heavy atom. The summed E-state index contributed by atoms with van der Waals surface area (Å²) in [5.74, 6) is -1.05. The number of rotatable bonds is 9. The molecule has 7 nitrogen and oxygen atoms in total. The molecular weight excluding hydrogens is 432 g/mol. The zero-order valence-corrected chi connectivity index (χ0v) is 19.5. The molecule has 2 aliphatic rings. The van der Waals surface area contributed by atoms with E-state index in [2.05, 4.69) is 29.6 Å².